The Morgan fingerprint density at radius 2 is 1.52 bits per heavy atom. The zero-order chi connectivity index (χ0) is 19.4. The van der Waals surface area contributed by atoms with Gasteiger partial charge in [0.25, 0.3) is 5.91 Å². The Balaban J connectivity index is 1.54. The maximum atomic E-state index is 12.2. The summed E-state index contributed by atoms with van der Waals surface area (Å²) in [6.07, 6.45) is 0.416. The van der Waals surface area contributed by atoms with Gasteiger partial charge in [-0.25, -0.2) is 13.2 Å². The van der Waals surface area contributed by atoms with Crippen LogP contribution in [0.5, 0.6) is 0 Å². The van der Waals surface area contributed by atoms with Crippen molar-refractivity contribution in [3.8, 4) is 0 Å². The number of halogens is 1. The van der Waals surface area contributed by atoms with Crippen LogP contribution in [0.4, 0.5) is 16.2 Å². The van der Waals surface area contributed by atoms with Crippen LogP contribution < -0.4 is 16.0 Å². The van der Waals surface area contributed by atoms with Crippen molar-refractivity contribution in [2.24, 2.45) is 0 Å². The molecule has 0 aromatic heterocycles. The molecule has 3 N–H and O–H groups in total. The van der Waals surface area contributed by atoms with Crippen LogP contribution in [0.15, 0.2) is 48.5 Å². The molecule has 3 rings (SSSR count). The van der Waals surface area contributed by atoms with Crippen molar-refractivity contribution in [3.05, 3.63) is 59.1 Å². The van der Waals surface area contributed by atoms with E-state index in [1.807, 2.05) is 0 Å². The number of carbonyl (C=O) groups is 2. The van der Waals surface area contributed by atoms with Crippen LogP contribution in [0, 0.1) is 0 Å². The van der Waals surface area contributed by atoms with Crippen molar-refractivity contribution < 1.29 is 18.0 Å². The van der Waals surface area contributed by atoms with Crippen LogP contribution in [0.2, 0.25) is 5.02 Å². The lowest BCUT2D eigenvalue weighted by Crippen LogP contribution is -2.38. The summed E-state index contributed by atoms with van der Waals surface area (Å²) in [5.41, 5.74) is 1.55. The number of nitrogens with one attached hydrogen (secondary N) is 3. The van der Waals surface area contributed by atoms with E-state index in [1.54, 1.807) is 48.5 Å². The van der Waals surface area contributed by atoms with E-state index in [2.05, 4.69) is 16.0 Å². The number of hydrogen-bond donors (Lipinski definition) is 3. The van der Waals surface area contributed by atoms with E-state index in [4.69, 9.17) is 11.6 Å². The molecule has 1 fully saturated rings. The minimum Gasteiger partial charge on any atom is -0.334 e. The molecule has 0 bridgehead atoms. The summed E-state index contributed by atoms with van der Waals surface area (Å²) in [5, 5.41) is 8.59. The second-order valence-corrected chi connectivity index (χ2v) is 8.90. The van der Waals surface area contributed by atoms with Gasteiger partial charge in [-0.2, -0.15) is 0 Å². The lowest BCUT2D eigenvalue weighted by molar-refractivity contribution is 0.102. The Bertz CT molecular complexity index is 944. The number of anilines is 2. The largest absolute Gasteiger partial charge is 0.334 e. The Kier molecular flexibility index (Phi) is 5.67. The molecule has 1 atom stereocenters. The number of carbonyl (C=O) groups excluding carboxylic acids is 2. The van der Waals surface area contributed by atoms with Crippen LogP contribution in [0.3, 0.4) is 0 Å². The van der Waals surface area contributed by atoms with Crippen molar-refractivity contribution in [2.45, 2.75) is 12.5 Å². The van der Waals surface area contributed by atoms with Crippen molar-refractivity contribution in [1.29, 1.82) is 0 Å². The molecule has 9 heteroatoms. The van der Waals surface area contributed by atoms with Gasteiger partial charge in [0.15, 0.2) is 9.84 Å². The molecule has 0 radical (unpaired) electrons. The second kappa shape index (κ2) is 7.98. The van der Waals surface area contributed by atoms with E-state index >= 15 is 0 Å². The van der Waals surface area contributed by atoms with Crippen molar-refractivity contribution in [2.75, 3.05) is 22.1 Å². The van der Waals surface area contributed by atoms with Gasteiger partial charge in [-0.1, -0.05) is 11.6 Å². The molecule has 27 heavy (non-hydrogen) atoms. The highest BCUT2D eigenvalue weighted by atomic mass is 35.5. The lowest BCUT2D eigenvalue weighted by Gasteiger charge is -2.12. The molecule has 1 aliphatic heterocycles. The highest BCUT2D eigenvalue weighted by Crippen LogP contribution is 2.16. The number of hydrogen-bond acceptors (Lipinski definition) is 4. The number of amides is 3. The molecule has 0 saturated carbocycles. The lowest BCUT2D eigenvalue weighted by atomic mass is 10.2. The number of urea groups is 1. The molecule has 1 heterocycles. The minimum atomic E-state index is -3.05. The second-order valence-electron chi connectivity index (χ2n) is 6.24. The quantitative estimate of drug-likeness (QED) is 0.724. The summed E-state index contributed by atoms with van der Waals surface area (Å²) in [6, 6.07) is 12.3. The first-order valence-corrected chi connectivity index (χ1v) is 10.5. The molecule has 0 unspecified atom stereocenters. The van der Waals surface area contributed by atoms with Gasteiger partial charge in [-0.3, -0.25) is 4.79 Å². The van der Waals surface area contributed by atoms with Gasteiger partial charge in [0, 0.05) is 28.0 Å². The van der Waals surface area contributed by atoms with E-state index in [9.17, 15) is 18.0 Å². The molecule has 7 nitrogen and oxygen atoms in total. The predicted octanol–water partition coefficient (Wildman–Crippen LogP) is 2.90. The van der Waals surface area contributed by atoms with Gasteiger partial charge >= 0.3 is 6.03 Å². The van der Waals surface area contributed by atoms with Gasteiger partial charge in [0.05, 0.1) is 11.5 Å². The van der Waals surface area contributed by atoms with Crippen LogP contribution in [-0.2, 0) is 9.84 Å². The zero-order valence-electron chi connectivity index (χ0n) is 14.2. The van der Waals surface area contributed by atoms with E-state index in [-0.39, 0.29) is 23.5 Å². The van der Waals surface area contributed by atoms with Gasteiger partial charge in [-0.05, 0) is 55.0 Å². The van der Waals surface area contributed by atoms with Crippen molar-refractivity contribution >= 4 is 44.8 Å². The molecule has 0 spiro atoms. The SMILES string of the molecule is O=C(Nc1ccc(C(=O)Nc2ccc(Cl)cc2)cc1)N[C@@H]1CCS(=O)(=O)C1. The van der Waals surface area contributed by atoms with Gasteiger partial charge in [-0.15, -0.1) is 0 Å². The first-order valence-electron chi connectivity index (χ1n) is 8.26. The zero-order valence-corrected chi connectivity index (χ0v) is 15.8. The number of benzene rings is 2. The molecule has 1 aliphatic rings. The van der Waals surface area contributed by atoms with Crippen LogP contribution in [-0.4, -0.2) is 37.9 Å². The Labute approximate surface area is 162 Å². The van der Waals surface area contributed by atoms with E-state index < -0.39 is 15.9 Å². The summed E-state index contributed by atoms with van der Waals surface area (Å²) in [4.78, 5) is 24.2. The Morgan fingerprint density at radius 1 is 0.926 bits per heavy atom. The van der Waals surface area contributed by atoms with Crippen molar-refractivity contribution in [3.63, 3.8) is 0 Å². The first kappa shape index (κ1) is 19.2. The summed E-state index contributed by atoms with van der Waals surface area (Å²) in [7, 11) is -3.05. The summed E-state index contributed by atoms with van der Waals surface area (Å²) < 4.78 is 22.8. The fourth-order valence-electron chi connectivity index (χ4n) is 2.70. The average Bonchev–Trinajstić information content (AvgIpc) is 2.96. The minimum absolute atomic E-state index is 0.0375. The smallest absolute Gasteiger partial charge is 0.319 e. The molecule has 2 aromatic carbocycles. The molecule has 142 valence electrons. The summed E-state index contributed by atoms with van der Waals surface area (Å²) >= 11 is 5.81. The molecule has 2 aromatic rings. The maximum absolute atomic E-state index is 12.2. The third kappa shape index (κ3) is 5.45. The van der Waals surface area contributed by atoms with Gasteiger partial charge in [0.1, 0.15) is 0 Å². The van der Waals surface area contributed by atoms with E-state index in [0.717, 1.165) is 0 Å². The fraction of sp³-hybridized carbons (Fsp3) is 0.222. The standard InChI is InChI=1S/C18H18ClN3O4S/c19-13-3-7-14(8-4-13)20-17(23)12-1-5-15(6-2-12)21-18(24)22-16-9-10-27(25,26)11-16/h1-8,16H,9-11H2,(H,20,23)(H2,21,22,24)/t16-/m1/s1. The first-order chi connectivity index (χ1) is 12.8. The van der Waals surface area contributed by atoms with Gasteiger partial charge < -0.3 is 16.0 Å². The van der Waals surface area contributed by atoms with Crippen LogP contribution >= 0.6 is 11.6 Å². The maximum Gasteiger partial charge on any atom is 0.319 e. The fourth-order valence-corrected chi connectivity index (χ4v) is 4.50. The van der Waals surface area contributed by atoms with Crippen molar-refractivity contribution in [1.82, 2.24) is 5.32 Å². The summed E-state index contributed by atoms with van der Waals surface area (Å²) in [6.45, 7) is 0. The highest BCUT2D eigenvalue weighted by Gasteiger charge is 2.28. The number of sulfone groups is 1. The average molecular weight is 408 g/mol. The number of rotatable bonds is 4. The third-order valence-corrected chi connectivity index (χ3v) is 6.09. The summed E-state index contributed by atoms with van der Waals surface area (Å²) in [5.74, 6) is -0.232. The van der Waals surface area contributed by atoms with E-state index in [0.29, 0.717) is 28.4 Å². The highest BCUT2D eigenvalue weighted by molar-refractivity contribution is 7.91. The monoisotopic (exact) mass is 407 g/mol. The molecular formula is C18H18ClN3O4S. The molecular weight excluding hydrogens is 390 g/mol. The molecule has 1 saturated heterocycles. The molecule has 0 aliphatic carbocycles. The van der Waals surface area contributed by atoms with E-state index in [1.165, 1.54) is 0 Å². The Hall–Kier alpha value is -2.58. The molecule has 3 amide bonds. The Morgan fingerprint density at radius 3 is 2.11 bits per heavy atom. The third-order valence-electron chi connectivity index (χ3n) is 4.07. The van der Waals surface area contributed by atoms with Gasteiger partial charge in [0.2, 0.25) is 0 Å². The van der Waals surface area contributed by atoms with Crippen LogP contribution in [0.1, 0.15) is 16.8 Å². The van der Waals surface area contributed by atoms with Crippen LogP contribution in [0.25, 0.3) is 0 Å². The normalized spacial score (nSPS) is 17.9. The topological polar surface area (TPSA) is 104 Å². The predicted molar refractivity (Wildman–Crippen MR) is 105 cm³/mol.